The van der Waals surface area contributed by atoms with Crippen molar-refractivity contribution in [3.63, 3.8) is 0 Å². The third kappa shape index (κ3) is 14.3. The van der Waals surface area contributed by atoms with Crippen LogP contribution in [0.5, 0.6) is 0 Å². The van der Waals surface area contributed by atoms with E-state index in [4.69, 9.17) is 21.2 Å². The zero-order valence-corrected chi connectivity index (χ0v) is 47.0. The molecule has 0 unspecified atom stereocenters. The summed E-state index contributed by atoms with van der Waals surface area (Å²) in [6, 6.07) is 24.4. The average molecular weight is 1280 g/mol. The topological polar surface area (TPSA) is 287 Å². The first-order valence-corrected chi connectivity index (χ1v) is 25.8. The minimum absolute atomic E-state index is 0. The molecule has 20 nitrogen and oxygen atoms in total. The van der Waals surface area contributed by atoms with Gasteiger partial charge in [0.15, 0.2) is 5.65 Å². The molecule has 0 spiro atoms. The molecular formula is C53H45BrClCu2F2N15O5S. The SMILES string of the molecule is Cn1cc(-c2c[nH]c3ncc(N)cc23)cn1.Cn1cc(-c2c[nH]c3ncc(NC(=O)c4ccc(F)cc4)cc23)cn1.Cn1cc(-c2cn(S(=O)(=O)c3ccccc3)c3ncc(Br)cc23)cn1.N.O=C(Cl)c1ccc(F)cc1.[Cu].[O]=[Cu]. The predicted molar refractivity (Wildman–Crippen MR) is 296 cm³/mol. The maximum absolute atomic E-state index is 13.1. The third-order valence-corrected chi connectivity index (χ3v) is 13.8. The standard InChI is InChI=1S/C18H14FN5O.C17H13BrN4O2S.C11H11N5.C7H4ClFO.2Cu.H3N.O/c1-24-10-12(7-22-24)16-9-21-17-15(16)6-14(8-20-17)23-18(25)11-2-4-13(19)5-3-11;1-21-10-12(8-20-21)16-11-22(17-15(16)7-13(18)9-19-17)25(23,24)14-5-3-2-4-6-14;1-16-6-7(3-15-16)10-5-14-11-9(10)2-8(12)4-13-11;8-7(10)5-1-3-6(9)4-2-5;;;;/h2-10H,1H3,(H,20,21)(H,23,25);2-11H,1H3;2-6H,12H2,1H3,(H,13,14);1-4H;;;1H3;. The number of anilines is 2. The fourth-order valence-corrected chi connectivity index (χ4v) is 9.61. The molecule has 0 aliphatic rings. The van der Waals surface area contributed by atoms with Crippen LogP contribution in [0.3, 0.4) is 0 Å². The molecule has 418 valence electrons. The molecule has 0 saturated heterocycles. The van der Waals surface area contributed by atoms with Crippen molar-refractivity contribution in [2.75, 3.05) is 11.1 Å². The first-order valence-electron chi connectivity index (χ1n) is 22.8. The van der Waals surface area contributed by atoms with Crippen molar-refractivity contribution in [1.82, 2.24) is 64.4 Å². The number of halogens is 4. The van der Waals surface area contributed by atoms with Crippen LogP contribution in [0.2, 0.25) is 0 Å². The molecule has 1 radical (unpaired) electrons. The molecule has 9 aromatic heterocycles. The van der Waals surface area contributed by atoms with Crippen LogP contribution in [0, 0.1) is 11.6 Å². The molecule has 8 N–H and O–H groups in total. The molecule has 9 heterocycles. The summed E-state index contributed by atoms with van der Waals surface area (Å²) in [4.78, 5) is 42.0. The van der Waals surface area contributed by atoms with Crippen molar-refractivity contribution >= 4 is 93.2 Å². The number of benzene rings is 3. The summed E-state index contributed by atoms with van der Waals surface area (Å²) in [6.07, 6.45) is 21.2. The van der Waals surface area contributed by atoms with E-state index in [-0.39, 0.29) is 45.7 Å². The van der Waals surface area contributed by atoms with E-state index in [1.807, 2.05) is 76.5 Å². The van der Waals surface area contributed by atoms with E-state index in [9.17, 15) is 26.8 Å². The molecule has 80 heavy (non-hydrogen) atoms. The summed E-state index contributed by atoms with van der Waals surface area (Å²) in [5.74, 6) is -1.07. The number of aryl methyl sites for hydroxylation is 3. The van der Waals surface area contributed by atoms with Gasteiger partial charge in [-0.2, -0.15) is 15.3 Å². The van der Waals surface area contributed by atoms with Crippen LogP contribution in [-0.2, 0) is 68.0 Å². The number of carbonyl (C=O) groups is 2. The van der Waals surface area contributed by atoms with Crippen LogP contribution in [0.1, 0.15) is 20.7 Å². The van der Waals surface area contributed by atoms with Crippen molar-refractivity contribution in [1.29, 1.82) is 0 Å². The summed E-state index contributed by atoms with van der Waals surface area (Å²) in [6.45, 7) is 0. The number of hydrogen-bond donors (Lipinski definition) is 5. The van der Waals surface area contributed by atoms with Gasteiger partial charge >= 0.3 is 19.8 Å². The van der Waals surface area contributed by atoms with Gasteiger partial charge in [0, 0.05) is 147 Å². The normalized spacial score (nSPS) is 10.6. The summed E-state index contributed by atoms with van der Waals surface area (Å²) in [5.41, 5.74) is 15.2. The summed E-state index contributed by atoms with van der Waals surface area (Å²) >= 11 is 11.4. The number of carbonyl (C=O) groups excluding carboxylic acids is 2. The van der Waals surface area contributed by atoms with Crippen molar-refractivity contribution in [3.8, 4) is 33.4 Å². The van der Waals surface area contributed by atoms with E-state index in [1.54, 1.807) is 81.6 Å². The number of pyridine rings is 3. The first-order chi connectivity index (χ1) is 37.5. The molecule has 3 aromatic carbocycles. The Balaban J connectivity index is 0.000000177. The van der Waals surface area contributed by atoms with Crippen molar-refractivity contribution < 1.29 is 63.6 Å². The number of hydrogen-bond acceptors (Lipinski definition) is 13. The van der Waals surface area contributed by atoms with Gasteiger partial charge in [-0.15, -0.1) is 0 Å². The Kier molecular flexibility index (Phi) is 20.6. The van der Waals surface area contributed by atoms with Crippen molar-refractivity contribution in [2.45, 2.75) is 4.90 Å². The summed E-state index contributed by atoms with van der Waals surface area (Å²) < 4.78 is 66.3. The van der Waals surface area contributed by atoms with Crippen LogP contribution in [0.4, 0.5) is 20.2 Å². The first kappa shape index (κ1) is 60.9. The Morgan fingerprint density at radius 3 is 1.62 bits per heavy atom. The van der Waals surface area contributed by atoms with Crippen LogP contribution >= 0.6 is 27.5 Å². The Bertz CT molecular complexity index is 4190. The molecule has 0 atom stereocenters. The molecule has 0 aliphatic carbocycles. The van der Waals surface area contributed by atoms with Gasteiger partial charge in [-0.3, -0.25) is 23.6 Å². The van der Waals surface area contributed by atoms with E-state index in [1.165, 1.54) is 52.5 Å². The number of aromatic amines is 2. The quantitative estimate of drug-likeness (QED) is 0.0700. The molecule has 0 fully saturated rings. The fourth-order valence-electron chi connectivity index (χ4n) is 7.81. The Labute approximate surface area is 487 Å². The van der Waals surface area contributed by atoms with Crippen LogP contribution in [0.15, 0.2) is 181 Å². The van der Waals surface area contributed by atoms with Gasteiger partial charge in [0.2, 0.25) is 0 Å². The number of fused-ring (bicyclic) bond motifs is 3. The van der Waals surface area contributed by atoms with Gasteiger partial charge in [-0.1, -0.05) is 18.2 Å². The van der Waals surface area contributed by atoms with Crippen LogP contribution in [-0.4, -0.2) is 77.8 Å². The van der Waals surface area contributed by atoms with E-state index >= 15 is 0 Å². The Morgan fingerprint density at radius 1 is 0.637 bits per heavy atom. The van der Waals surface area contributed by atoms with Crippen molar-refractivity contribution in [2.24, 2.45) is 21.1 Å². The zero-order chi connectivity index (χ0) is 55.7. The van der Waals surface area contributed by atoms with E-state index in [0.29, 0.717) is 28.1 Å². The van der Waals surface area contributed by atoms with Gasteiger partial charge in [0.1, 0.15) is 22.9 Å². The second-order valence-corrected chi connectivity index (χ2v) is 19.9. The monoisotopic (exact) mass is 1280 g/mol. The van der Waals surface area contributed by atoms with Gasteiger partial charge in [-0.25, -0.2) is 36.1 Å². The number of nitrogen functional groups attached to an aromatic ring is 1. The molecular weight excluding hydrogens is 1240 g/mol. The molecule has 0 aliphatic heterocycles. The number of nitrogens with one attached hydrogen (secondary N) is 3. The predicted octanol–water partition coefficient (Wildman–Crippen LogP) is 10.6. The summed E-state index contributed by atoms with van der Waals surface area (Å²) in [5, 5.41) is 17.4. The minimum atomic E-state index is -3.75. The number of nitrogens with two attached hydrogens (primary N) is 1. The number of rotatable bonds is 8. The maximum atomic E-state index is 13.1. The van der Waals surface area contributed by atoms with Gasteiger partial charge in [-0.05, 0) is 106 Å². The van der Waals surface area contributed by atoms with Gasteiger partial charge < -0.3 is 27.2 Å². The number of nitrogens with zero attached hydrogens (tertiary/aromatic N) is 10. The van der Waals surface area contributed by atoms with Gasteiger partial charge in [0.05, 0.1) is 47.3 Å². The van der Waals surface area contributed by atoms with E-state index in [0.717, 1.165) is 65.3 Å². The summed E-state index contributed by atoms with van der Waals surface area (Å²) in [7, 11) is 1.82. The molecule has 12 rings (SSSR count). The van der Waals surface area contributed by atoms with Crippen LogP contribution in [0.25, 0.3) is 66.5 Å². The fraction of sp³-hybridized carbons (Fsp3) is 0.0566. The van der Waals surface area contributed by atoms with E-state index in [2.05, 4.69) is 77.4 Å². The molecule has 0 bridgehead atoms. The second kappa shape index (κ2) is 27.0. The van der Waals surface area contributed by atoms with Gasteiger partial charge in [0.25, 0.3) is 21.2 Å². The van der Waals surface area contributed by atoms with Crippen molar-refractivity contribution in [3.05, 3.63) is 199 Å². The number of aromatic nitrogens is 12. The number of amides is 1. The molecule has 12 aromatic rings. The van der Waals surface area contributed by atoms with Crippen LogP contribution < -0.4 is 17.2 Å². The molecule has 0 saturated carbocycles. The molecule has 27 heteroatoms. The zero-order valence-electron chi connectivity index (χ0n) is 42.0. The second-order valence-electron chi connectivity index (χ2n) is 16.8. The molecule has 1 amide bonds. The van der Waals surface area contributed by atoms with E-state index < -0.39 is 15.3 Å². The average Bonchev–Trinajstić information content (AvgIpc) is 4.49. The third-order valence-electron chi connectivity index (χ3n) is 11.4. The Hall–Kier alpha value is -8.32. The Morgan fingerprint density at radius 2 is 1.12 bits per heavy atom. The number of H-pyrrole nitrogens is 2.